The minimum atomic E-state index is -0.903. The molecule has 0 aliphatic heterocycles. The number of aromatic nitrogens is 1. The largest absolute Gasteiger partial charge is 0.481 e. The number of para-hydroxylation sites is 1. The van der Waals surface area contributed by atoms with Gasteiger partial charge in [0.1, 0.15) is 11.4 Å². The van der Waals surface area contributed by atoms with Crippen LogP contribution in [0.1, 0.15) is 44.7 Å². The maximum atomic E-state index is 13.3. The SMILES string of the molecule is CC(C)(C)OC(=O)NCC(CCc1ccc(F)cc1)N[C@@H](CC(=O)O)Cc1c[nH]c2ccccc12. The van der Waals surface area contributed by atoms with Gasteiger partial charge in [0.15, 0.2) is 0 Å². The van der Waals surface area contributed by atoms with E-state index < -0.39 is 17.7 Å². The fourth-order valence-electron chi connectivity index (χ4n) is 4.06. The van der Waals surface area contributed by atoms with E-state index in [0.717, 1.165) is 22.0 Å². The molecule has 0 bridgehead atoms. The number of fused-ring (bicyclic) bond motifs is 1. The van der Waals surface area contributed by atoms with Crippen molar-refractivity contribution < 1.29 is 23.8 Å². The van der Waals surface area contributed by atoms with Gasteiger partial charge in [0.2, 0.25) is 0 Å². The first-order chi connectivity index (χ1) is 16.6. The average Bonchev–Trinajstić information content (AvgIpc) is 3.18. The third kappa shape index (κ3) is 8.72. The van der Waals surface area contributed by atoms with Gasteiger partial charge in [0, 0.05) is 35.7 Å². The van der Waals surface area contributed by atoms with E-state index >= 15 is 0 Å². The van der Waals surface area contributed by atoms with Crippen LogP contribution in [0, 0.1) is 5.82 Å². The van der Waals surface area contributed by atoms with Crippen molar-refractivity contribution in [1.29, 1.82) is 0 Å². The van der Waals surface area contributed by atoms with Crippen molar-refractivity contribution in [2.24, 2.45) is 0 Å². The van der Waals surface area contributed by atoms with Gasteiger partial charge in [0.05, 0.1) is 6.42 Å². The minimum absolute atomic E-state index is 0.0704. The molecule has 4 N–H and O–H groups in total. The number of aliphatic carboxylic acids is 1. The van der Waals surface area contributed by atoms with Crippen LogP contribution in [0.3, 0.4) is 0 Å². The Morgan fingerprint density at radius 3 is 2.49 bits per heavy atom. The second-order valence-corrected chi connectivity index (χ2v) is 9.77. The fourth-order valence-corrected chi connectivity index (χ4v) is 4.06. The predicted octanol–water partition coefficient (Wildman–Crippen LogP) is 4.81. The Morgan fingerprint density at radius 1 is 1.09 bits per heavy atom. The Morgan fingerprint density at radius 2 is 1.80 bits per heavy atom. The first-order valence-corrected chi connectivity index (χ1v) is 11.8. The lowest BCUT2D eigenvalue weighted by atomic mass is 9.99. The molecule has 0 spiro atoms. The molecule has 7 nitrogen and oxygen atoms in total. The van der Waals surface area contributed by atoms with Gasteiger partial charge in [-0.1, -0.05) is 30.3 Å². The summed E-state index contributed by atoms with van der Waals surface area (Å²) in [6.45, 7) is 5.64. The average molecular weight is 484 g/mol. The summed E-state index contributed by atoms with van der Waals surface area (Å²) < 4.78 is 18.6. The highest BCUT2D eigenvalue weighted by atomic mass is 19.1. The van der Waals surface area contributed by atoms with Crippen molar-refractivity contribution in [3.63, 3.8) is 0 Å². The maximum absolute atomic E-state index is 13.3. The van der Waals surface area contributed by atoms with Crippen LogP contribution in [0.5, 0.6) is 0 Å². The summed E-state index contributed by atoms with van der Waals surface area (Å²) in [5.74, 6) is -1.20. The molecule has 0 aliphatic carbocycles. The Hall–Kier alpha value is -3.39. The molecule has 188 valence electrons. The van der Waals surface area contributed by atoms with E-state index in [2.05, 4.69) is 15.6 Å². The second-order valence-electron chi connectivity index (χ2n) is 9.77. The summed E-state index contributed by atoms with van der Waals surface area (Å²) in [6.07, 6.45) is 3.08. The molecule has 0 aliphatic rings. The van der Waals surface area contributed by atoms with Crippen molar-refractivity contribution in [2.45, 2.75) is 64.1 Å². The van der Waals surface area contributed by atoms with Crippen LogP contribution >= 0.6 is 0 Å². The molecule has 3 aromatic rings. The standard InChI is InChI=1S/C27H34FN3O4/c1-27(2,3)35-26(34)30-17-21(13-10-18-8-11-20(28)12-9-18)31-22(15-25(32)33)14-19-16-29-24-7-5-4-6-23(19)24/h4-9,11-12,16,21-22,29,31H,10,13-15,17H2,1-3H3,(H,30,34)(H,32,33)/t21?,22-/m1/s1. The van der Waals surface area contributed by atoms with E-state index in [1.165, 1.54) is 12.1 Å². The number of hydrogen-bond donors (Lipinski definition) is 4. The predicted molar refractivity (Wildman–Crippen MR) is 134 cm³/mol. The number of alkyl carbamates (subject to hydrolysis) is 1. The monoisotopic (exact) mass is 483 g/mol. The summed E-state index contributed by atoms with van der Waals surface area (Å²) >= 11 is 0. The third-order valence-corrected chi connectivity index (χ3v) is 5.62. The zero-order chi connectivity index (χ0) is 25.4. The molecule has 1 aromatic heterocycles. The van der Waals surface area contributed by atoms with E-state index in [4.69, 9.17) is 4.74 Å². The van der Waals surface area contributed by atoms with E-state index in [-0.39, 0.29) is 30.9 Å². The van der Waals surface area contributed by atoms with Crippen molar-refractivity contribution in [1.82, 2.24) is 15.6 Å². The topological polar surface area (TPSA) is 103 Å². The maximum Gasteiger partial charge on any atom is 0.407 e. The molecule has 3 rings (SSSR count). The van der Waals surface area contributed by atoms with Gasteiger partial charge in [-0.05, 0) is 69.4 Å². The summed E-state index contributed by atoms with van der Waals surface area (Å²) in [6, 6.07) is 13.6. The van der Waals surface area contributed by atoms with E-state index in [1.54, 1.807) is 32.9 Å². The lowest BCUT2D eigenvalue weighted by molar-refractivity contribution is -0.137. The van der Waals surface area contributed by atoms with Crippen LogP contribution in [0.2, 0.25) is 0 Å². The molecular weight excluding hydrogens is 449 g/mol. The molecule has 8 heteroatoms. The van der Waals surface area contributed by atoms with E-state index in [1.807, 2.05) is 30.5 Å². The van der Waals surface area contributed by atoms with Gasteiger partial charge in [-0.3, -0.25) is 4.79 Å². The summed E-state index contributed by atoms with van der Waals surface area (Å²) in [5.41, 5.74) is 2.36. The Balaban J connectivity index is 1.72. The van der Waals surface area contributed by atoms with Crippen molar-refractivity contribution in [3.8, 4) is 0 Å². The molecule has 1 heterocycles. The van der Waals surface area contributed by atoms with Crippen molar-refractivity contribution in [3.05, 3.63) is 71.7 Å². The Labute approximate surface area is 205 Å². The Bertz CT molecular complexity index is 1120. The number of amides is 1. The second kappa shape index (κ2) is 11.8. The molecular formula is C27H34FN3O4. The van der Waals surface area contributed by atoms with Crippen LogP contribution in [0.4, 0.5) is 9.18 Å². The molecule has 0 saturated carbocycles. The minimum Gasteiger partial charge on any atom is -0.481 e. The number of carbonyl (C=O) groups is 2. The molecule has 0 fully saturated rings. The van der Waals surface area contributed by atoms with Gasteiger partial charge in [-0.15, -0.1) is 0 Å². The van der Waals surface area contributed by atoms with Crippen molar-refractivity contribution in [2.75, 3.05) is 6.54 Å². The zero-order valence-electron chi connectivity index (χ0n) is 20.4. The van der Waals surface area contributed by atoms with E-state index in [9.17, 15) is 19.1 Å². The number of hydrogen-bond acceptors (Lipinski definition) is 4. The van der Waals surface area contributed by atoms with Gasteiger partial charge >= 0.3 is 12.1 Å². The van der Waals surface area contributed by atoms with Gasteiger partial charge < -0.3 is 25.5 Å². The van der Waals surface area contributed by atoms with Gasteiger partial charge in [0.25, 0.3) is 0 Å². The molecule has 0 radical (unpaired) electrons. The van der Waals surface area contributed by atoms with Crippen LogP contribution in [0.25, 0.3) is 10.9 Å². The number of aromatic amines is 1. The number of aryl methyl sites for hydroxylation is 1. The number of benzene rings is 2. The van der Waals surface area contributed by atoms with Crippen molar-refractivity contribution >= 4 is 23.0 Å². The Kier molecular flexibility index (Phi) is 8.87. The lowest BCUT2D eigenvalue weighted by Crippen LogP contribution is -2.48. The number of rotatable bonds is 11. The number of halogens is 1. The van der Waals surface area contributed by atoms with Crippen LogP contribution < -0.4 is 10.6 Å². The van der Waals surface area contributed by atoms with Crippen LogP contribution in [-0.4, -0.2) is 46.4 Å². The number of H-pyrrole nitrogens is 1. The molecule has 1 amide bonds. The quantitative estimate of drug-likeness (QED) is 0.313. The zero-order valence-corrected chi connectivity index (χ0v) is 20.4. The molecule has 0 saturated heterocycles. The normalized spacial score (nSPS) is 13.4. The van der Waals surface area contributed by atoms with Crippen LogP contribution in [0.15, 0.2) is 54.7 Å². The molecule has 35 heavy (non-hydrogen) atoms. The molecule has 2 aromatic carbocycles. The van der Waals surface area contributed by atoms with Crippen LogP contribution in [-0.2, 0) is 22.4 Å². The number of carboxylic acid groups (broad SMARTS) is 1. The van der Waals surface area contributed by atoms with E-state index in [0.29, 0.717) is 19.3 Å². The summed E-state index contributed by atoms with van der Waals surface area (Å²) in [7, 11) is 0. The smallest absolute Gasteiger partial charge is 0.407 e. The molecule has 2 atom stereocenters. The first kappa shape index (κ1) is 26.2. The number of nitrogens with one attached hydrogen (secondary N) is 3. The van der Waals surface area contributed by atoms with Gasteiger partial charge in [-0.25, -0.2) is 9.18 Å². The molecule has 1 unspecified atom stereocenters. The number of carbonyl (C=O) groups excluding carboxylic acids is 1. The fraction of sp³-hybridized carbons (Fsp3) is 0.407. The highest BCUT2D eigenvalue weighted by molar-refractivity contribution is 5.83. The summed E-state index contributed by atoms with van der Waals surface area (Å²) in [5, 5.41) is 16.8. The highest BCUT2D eigenvalue weighted by Crippen LogP contribution is 2.20. The first-order valence-electron chi connectivity index (χ1n) is 11.8. The summed E-state index contributed by atoms with van der Waals surface area (Å²) in [4.78, 5) is 27.1. The lowest BCUT2D eigenvalue weighted by Gasteiger charge is -2.26. The third-order valence-electron chi connectivity index (χ3n) is 5.62. The van der Waals surface area contributed by atoms with Gasteiger partial charge in [-0.2, -0.15) is 0 Å². The highest BCUT2D eigenvalue weighted by Gasteiger charge is 2.22. The number of carboxylic acids is 1. The number of ether oxygens (including phenoxy) is 1.